The number of aryl methyl sites for hydroxylation is 1. The van der Waals surface area contributed by atoms with E-state index in [9.17, 15) is 4.79 Å². The van der Waals surface area contributed by atoms with Gasteiger partial charge in [-0.25, -0.2) is 9.97 Å². The summed E-state index contributed by atoms with van der Waals surface area (Å²) in [6.45, 7) is 3.45. The predicted molar refractivity (Wildman–Crippen MR) is 98.2 cm³/mol. The summed E-state index contributed by atoms with van der Waals surface area (Å²) in [5.74, 6) is 2.10. The highest BCUT2D eigenvalue weighted by Crippen LogP contribution is 2.27. The molecule has 0 N–H and O–H groups in total. The molecule has 0 bridgehead atoms. The first-order valence-electron chi connectivity index (χ1n) is 8.89. The summed E-state index contributed by atoms with van der Waals surface area (Å²) in [4.78, 5) is 27.8. The molecular weight excluding hydrogens is 326 g/mol. The van der Waals surface area contributed by atoms with E-state index in [1.807, 2.05) is 34.7 Å². The van der Waals surface area contributed by atoms with E-state index in [4.69, 9.17) is 4.98 Å². The largest absolute Gasteiger partial charge is 0.338 e. The van der Waals surface area contributed by atoms with Crippen molar-refractivity contribution < 1.29 is 4.79 Å². The number of hydrogen-bond acceptors (Lipinski definition) is 4. The molecule has 4 rings (SSSR count). The Kier molecular flexibility index (Phi) is 4.48. The lowest BCUT2D eigenvalue weighted by Crippen LogP contribution is -2.39. The predicted octanol–water partition coefficient (Wildman–Crippen LogP) is 2.99. The van der Waals surface area contributed by atoms with Gasteiger partial charge in [0, 0.05) is 55.1 Å². The Morgan fingerprint density at radius 3 is 2.77 bits per heavy atom. The van der Waals surface area contributed by atoms with Crippen LogP contribution in [0.2, 0.25) is 0 Å². The van der Waals surface area contributed by atoms with E-state index < -0.39 is 0 Å². The van der Waals surface area contributed by atoms with Gasteiger partial charge in [-0.15, -0.1) is 0 Å². The Morgan fingerprint density at radius 2 is 2.00 bits per heavy atom. The van der Waals surface area contributed by atoms with Gasteiger partial charge in [0.15, 0.2) is 0 Å². The van der Waals surface area contributed by atoms with Crippen LogP contribution in [-0.4, -0.2) is 43.4 Å². The molecule has 26 heavy (non-hydrogen) atoms. The van der Waals surface area contributed by atoms with Gasteiger partial charge in [0.2, 0.25) is 0 Å². The fourth-order valence-corrected chi connectivity index (χ4v) is 3.50. The molecule has 132 valence electrons. The first kappa shape index (κ1) is 16.4. The summed E-state index contributed by atoms with van der Waals surface area (Å²) >= 11 is 0. The van der Waals surface area contributed by atoms with Crippen molar-refractivity contribution in [3.05, 3.63) is 72.2 Å². The van der Waals surface area contributed by atoms with E-state index in [0.29, 0.717) is 12.1 Å². The average Bonchev–Trinajstić information content (AvgIpc) is 3.14. The van der Waals surface area contributed by atoms with Gasteiger partial charge >= 0.3 is 0 Å². The Balaban J connectivity index is 1.55. The maximum Gasteiger partial charge on any atom is 0.253 e. The van der Waals surface area contributed by atoms with Crippen LogP contribution in [-0.2, 0) is 0 Å². The highest BCUT2D eigenvalue weighted by molar-refractivity contribution is 5.94. The molecule has 0 spiro atoms. The minimum atomic E-state index is 0.0682. The molecule has 1 saturated heterocycles. The fourth-order valence-electron chi connectivity index (χ4n) is 3.50. The number of amides is 1. The van der Waals surface area contributed by atoms with E-state index in [-0.39, 0.29) is 11.8 Å². The van der Waals surface area contributed by atoms with Crippen molar-refractivity contribution in [3.63, 3.8) is 0 Å². The number of piperidine rings is 1. The lowest BCUT2D eigenvalue weighted by Gasteiger charge is -2.32. The molecule has 3 aromatic rings. The van der Waals surface area contributed by atoms with Crippen molar-refractivity contribution in [3.8, 4) is 5.82 Å². The number of pyridine rings is 2. The van der Waals surface area contributed by atoms with Crippen LogP contribution in [0, 0.1) is 6.92 Å². The van der Waals surface area contributed by atoms with Crippen LogP contribution < -0.4 is 0 Å². The Morgan fingerprint density at radius 1 is 1.15 bits per heavy atom. The third-order valence-corrected chi connectivity index (χ3v) is 4.88. The van der Waals surface area contributed by atoms with Gasteiger partial charge in [-0.2, -0.15) is 0 Å². The lowest BCUT2D eigenvalue weighted by molar-refractivity contribution is 0.0706. The molecule has 3 aromatic heterocycles. The minimum absolute atomic E-state index is 0.0682. The molecule has 1 fully saturated rings. The zero-order valence-corrected chi connectivity index (χ0v) is 14.7. The van der Waals surface area contributed by atoms with Crippen LogP contribution in [0.4, 0.5) is 0 Å². The average molecular weight is 347 g/mol. The van der Waals surface area contributed by atoms with Crippen molar-refractivity contribution in [1.29, 1.82) is 0 Å². The zero-order valence-electron chi connectivity index (χ0n) is 14.7. The number of likely N-dealkylation sites (tertiary alicyclic amines) is 1. The Bertz CT molecular complexity index is 905. The van der Waals surface area contributed by atoms with Crippen LogP contribution in [0.1, 0.15) is 40.6 Å². The maximum absolute atomic E-state index is 12.7. The van der Waals surface area contributed by atoms with Gasteiger partial charge in [-0.05, 0) is 44.0 Å². The van der Waals surface area contributed by atoms with Crippen LogP contribution in [0.15, 0.2) is 55.1 Å². The van der Waals surface area contributed by atoms with Gasteiger partial charge < -0.3 is 4.90 Å². The second-order valence-corrected chi connectivity index (χ2v) is 6.59. The number of carbonyl (C=O) groups excluding carboxylic acids is 1. The van der Waals surface area contributed by atoms with Gasteiger partial charge in [-0.1, -0.05) is 6.07 Å². The van der Waals surface area contributed by atoms with Crippen LogP contribution in [0.5, 0.6) is 0 Å². The molecule has 1 aliphatic rings. The standard InChI is InChI=1S/C20H21N5O/c1-15-22-11-13-25(15)19-6-2-5-18(23-19)17-4-3-12-24(14-17)20(26)16-7-9-21-10-8-16/h2,5-11,13,17H,3-4,12,14H2,1H3/t17-/m1/s1. The maximum atomic E-state index is 12.7. The monoisotopic (exact) mass is 347 g/mol. The van der Waals surface area contributed by atoms with E-state index in [1.165, 1.54) is 0 Å². The molecule has 1 amide bonds. The van der Waals surface area contributed by atoms with Gasteiger partial charge in [0.25, 0.3) is 5.91 Å². The molecule has 6 nitrogen and oxygen atoms in total. The van der Waals surface area contributed by atoms with Gasteiger partial charge in [-0.3, -0.25) is 14.3 Å². The number of nitrogens with zero attached hydrogens (tertiary/aromatic N) is 5. The van der Waals surface area contributed by atoms with E-state index >= 15 is 0 Å². The van der Waals surface area contributed by atoms with Crippen molar-refractivity contribution in [1.82, 2.24) is 24.4 Å². The Labute approximate surface area is 152 Å². The molecule has 6 heteroatoms. The highest BCUT2D eigenvalue weighted by atomic mass is 16.2. The Hall–Kier alpha value is -3.02. The summed E-state index contributed by atoms with van der Waals surface area (Å²) in [6, 6.07) is 9.61. The van der Waals surface area contributed by atoms with Crippen molar-refractivity contribution >= 4 is 5.91 Å². The van der Waals surface area contributed by atoms with Crippen LogP contribution >= 0.6 is 0 Å². The summed E-state index contributed by atoms with van der Waals surface area (Å²) in [7, 11) is 0. The van der Waals surface area contributed by atoms with Crippen LogP contribution in [0.25, 0.3) is 5.82 Å². The van der Waals surface area contributed by atoms with Gasteiger partial charge in [0.05, 0.1) is 0 Å². The molecule has 1 atom stereocenters. The number of carbonyl (C=O) groups is 1. The minimum Gasteiger partial charge on any atom is -0.338 e. The lowest BCUT2D eigenvalue weighted by atomic mass is 9.94. The third-order valence-electron chi connectivity index (χ3n) is 4.88. The van der Waals surface area contributed by atoms with E-state index in [0.717, 1.165) is 36.7 Å². The van der Waals surface area contributed by atoms with Crippen LogP contribution in [0.3, 0.4) is 0 Å². The van der Waals surface area contributed by atoms with Crippen molar-refractivity contribution in [2.24, 2.45) is 0 Å². The number of rotatable bonds is 3. The molecule has 1 aliphatic heterocycles. The molecule has 0 saturated carbocycles. The summed E-state index contributed by atoms with van der Waals surface area (Å²) in [5, 5.41) is 0. The normalized spacial score (nSPS) is 17.3. The zero-order chi connectivity index (χ0) is 17.9. The van der Waals surface area contributed by atoms with Crippen molar-refractivity contribution in [2.45, 2.75) is 25.7 Å². The highest BCUT2D eigenvalue weighted by Gasteiger charge is 2.26. The summed E-state index contributed by atoms with van der Waals surface area (Å²) < 4.78 is 1.98. The molecule has 4 heterocycles. The molecule has 0 aliphatic carbocycles. The SMILES string of the molecule is Cc1nccn1-c1cccc([C@@H]2CCCN(C(=O)c3ccncc3)C2)n1. The van der Waals surface area contributed by atoms with E-state index in [2.05, 4.69) is 16.0 Å². The smallest absolute Gasteiger partial charge is 0.253 e. The van der Waals surface area contributed by atoms with Crippen molar-refractivity contribution in [2.75, 3.05) is 13.1 Å². The quantitative estimate of drug-likeness (QED) is 0.731. The molecule has 0 radical (unpaired) electrons. The number of aromatic nitrogens is 4. The second kappa shape index (κ2) is 7.07. The summed E-state index contributed by atoms with van der Waals surface area (Å²) in [5.41, 5.74) is 1.72. The summed E-state index contributed by atoms with van der Waals surface area (Å²) in [6.07, 6.45) is 9.04. The van der Waals surface area contributed by atoms with E-state index in [1.54, 1.807) is 30.7 Å². The molecule has 0 unspecified atom stereocenters. The molecular formula is C20H21N5O. The topological polar surface area (TPSA) is 63.9 Å². The molecule has 0 aromatic carbocycles. The number of hydrogen-bond donors (Lipinski definition) is 0. The second-order valence-electron chi connectivity index (χ2n) is 6.59. The number of imidazole rings is 1. The first-order chi connectivity index (χ1) is 12.7. The van der Waals surface area contributed by atoms with Gasteiger partial charge in [0.1, 0.15) is 11.6 Å². The first-order valence-corrected chi connectivity index (χ1v) is 8.89. The third kappa shape index (κ3) is 3.22. The fraction of sp³-hybridized carbons (Fsp3) is 0.300.